The quantitative estimate of drug-likeness (QED) is 0.768. The topological polar surface area (TPSA) is 49.3 Å². The lowest BCUT2D eigenvalue weighted by Gasteiger charge is -2.33. The summed E-state index contributed by atoms with van der Waals surface area (Å²) in [5.41, 5.74) is 2.01. The third-order valence-electron chi connectivity index (χ3n) is 4.00. The first-order chi connectivity index (χ1) is 11.6. The highest BCUT2D eigenvalue weighted by atomic mass is 32.1. The molecule has 128 valence electrons. The molecule has 0 aromatic carbocycles. The third kappa shape index (κ3) is 4.49. The van der Waals surface area contributed by atoms with Crippen LogP contribution in [0.2, 0.25) is 0 Å². The van der Waals surface area contributed by atoms with Crippen molar-refractivity contribution in [2.45, 2.75) is 26.8 Å². The Hall–Kier alpha value is -1.57. The second kappa shape index (κ2) is 8.00. The van der Waals surface area contributed by atoms with Crippen LogP contribution in [-0.4, -0.2) is 51.9 Å². The summed E-state index contributed by atoms with van der Waals surface area (Å²) in [4.78, 5) is 25.5. The number of aromatic nitrogens is 2. The molecule has 0 saturated carbocycles. The monoisotopic (exact) mass is 362 g/mol. The molecule has 1 aliphatic heterocycles. The first kappa shape index (κ1) is 17.3. The van der Waals surface area contributed by atoms with E-state index in [4.69, 9.17) is 0 Å². The Balaban J connectivity index is 1.47. The molecule has 3 heterocycles. The van der Waals surface area contributed by atoms with Gasteiger partial charge in [-0.15, -0.1) is 22.7 Å². The summed E-state index contributed by atoms with van der Waals surface area (Å²) in [6, 6.07) is 0. The average molecular weight is 363 g/mol. The molecule has 0 bridgehead atoms. The minimum Gasteiger partial charge on any atom is -0.337 e. The lowest BCUT2D eigenvalue weighted by atomic mass is 10.2. The molecule has 5 nitrogen and oxygen atoms in total. The molecule has 0 spiro atoms. The van der Waals surface area contributed by atoms with E-state index < -0.39 is 0 Å². The minimum atomic E-state index is 0.0715. The maximum absolute atomic E-state index is 12.3. The average Bonchev–Trinajstić information content (AvgIpc) is 3.22. The molecule has 24 heavy (non-hydrogen) atoms. The van der Waals surface area contributed by atoms with Crippen LogP contribution >= 0.6 is 22.7 Å². The highest BCUT2D eigenvalue weighted by molar-refractivity contribution is 7.09. The highest BCUT2D eigenvalue weighted by Gasteiger charge is 2.20. The van der Waals surface area contributed by atoms with Crippen LogP contribution in [-0.2, 0) is 17.8 Å². The maximum atomic E-state index is 12.3. The fraction of sp³-hybridized carbons (Fsp3) is 0.471. The number of nitrogens with zero attached hydrogens (tertiary/aromatic N) is 4. The van der Waals surface area contributed by atoms with Crippen LogP contribution in [0.5, 0.6) is 0 Å². The van der Waals surface area contributed by atoms with Gasteiger partial charge in [0.2, 0.25) is 5.91 Å². The van der Waals surface area contributed by atoms with Crippen molar-refractivity contribution in [3.63, 3.8) is 0 Å². The number of carbonyl (C=O) groups excluding carboxylic acids is 1. The predicted molar refractivity (Wildman–Crippen MR) is 99.2 cm³/mol. The molecule has 0 N–H and O–H groups in total. The van der Waals surface area contributed by atoms with E-state index in [9.17, 15) is 4.79 Å². The van der Waals surface area contributed by atoms with Gasteiger partial charge in [0.1, 0.15) is 0 Å². The molecule has 0 radical (unpaired) electrons. The summed E-state index contributed by atoms with van der Waals surface area (Å²) >= 11 is 3.33. The van der Waals surface area contributed by atoms with E-state index in [1.807, 2.05) is 17.2 Å². The fourth-order valence-electron chi connectivity index (χ4n) is 2.66. The molecule has 0 aliphatic carbocycles. The Bertz CT molecular complexity index is 714. The molecule has 1 fully saturated rings. The Labute approximate surface area is 150 Å². The molecule has 0 atom stereocenters. The molecular weight excluding hydrogens is 340 g/mol. The van der Waals surface area contributed by atoms with Crippen molar-refractivity contribution in [1.29, 1.82) is 0 Å². The molecular formula is C17H22N4OS2. The number of carbonyl (C=O) groups is 1. The minimum absolute atomic E-state index is 0.0715. The highest BCUT2D eigenvalue weighted by Crippen LogP contribution is 2.14. The first-order valence-electron chi connectivity index (χ1n) is 8.19. The number of amides is 1. The van der Waals surface area contributed by atoms with Gasteiger partial charge < -0.3 is 4.90 Å². The van der Waals surface area contributed by atoms with Gasteiger partial charge in [-0.25, -0.2) is 9.97 Å². The van der Waals surface area contributed by atoms with E-state index in [0.717, 1.165) is 55.5 Å². The fourth-order valence-corrected chi connectivity index (χ4v) is 3.97. The van der Waals surface area contributed by atoms with Crippen LogP contribution in [0.4, 0.5) is 0 Å². The summed E-state index contributed by atoms with van der Waals surface area (Å²) in [5.74, 6) is 0.0715. The standard InChI is InChI=1S/C17H22N4OS2/c1-3-16-19-15(12-24-16)10-20-6-8-21(9-7-20)17(22)5-4-14-11-23-13(2)18-14/h4-5,11-12H,3,6-10H2,1-2H3/b5-4+. The third-order valence-corrected chi connectivity index (χ3v) is 5.84. The zero-order valence-corrected chi connectivity index (χ0v) is 15.7. The Morgan fingerprint density at radius 1 is 1.21 bits per heavy atom. The SMILES string of the molecule is CCc1nc(CN2CCN(C(=O)/C=C/c3csc(C)n3)CC2)cs1. The van der Waals surface area contributed by atoms with Crippen LogP contribution in [0.1, 0.15) is 28.3 Å². The largest absolute Gasteiger partial charge is 0.337 e. The van der Waals surface area contributed by atoms with Crippen molar-refractivity contribution in [3.05, 3.63) is 38.2 Å². The van der Waals surface area contributed by atoms with Gasteiger partial charge in [-0.3, -0.25) is 9.69 Å². The van der Waals surface area contributed by atoms with Gasteiger partial charge >= 0.3 is 0 Å². The number of rotatable bonds is 5. The Morgan fingerprint density at radius 3 is 2.62 bits per heavy atom. The van der Waals surface area contributed by atoms with E-state index in [0.29, 0.717) is 0 Å². The zero-order chi connectivity index (χ0) is 16.9. The van der Waals surface area contributed by atoms with Crippen LogP contribution in [0.3, 0.4) is 0 Å². The number of thiazole rings is 2. The maximum Gasteiger partial charge on any atom is 0.246 e. The summed E-state index contributed by atoms with van der Waals surface area (Å²) in [6.07, 6.45) is 4.44. The second-order valence-electron chi connectivity index (χ2n) is 5.81. The predicted octanol–water partition coefficient (Wildman–Crippen LogP) is 2.83. The van der Waals surface area contributed by atoms with Gasteiger partial charge in [-0.1, -0.05) is 6.92 Å². The number of hydrogen-bond donors (Lipinski definition) is 0. The number of aryl methyl sites for hydroxylation is 2. The van der Waals surface area contributed by atoms with Crippen LogP contribution in [0.25, 0.3) is 6.08 Å². The van der Waals surface area contributed by atoms with E-state index in [1.165, 1.54) is 5.01 Å². The van der Waals surface area contributed by atoms with Gasteiger partial charge in [-0.05, 0) is 19.4 Å². The number of piperazine rings is 1. The van der Waals surface area contributed by atoms with Gasteiger partial charge in [0, 0.05) is 49.6 Å². The second-order valence-corrected chi connectivity index (χ2v) is 7.82. The zero-order valence-electron chi connectivity index (χ0n) is 14.1. The molecule has 3 rings (SSSR count). The van der Waals surface area contributed by atoms with E-state index >= 15 is 0 Å². The summed E-state index contributed by atoms with van der Waals surface area (Å²) in [6.45, 7) is 8.31. The molecule has 1 aliphatic rings. The number of hydrogen-bond acceptors (Lipinski definition) is 6. The van der Waals surface area contributed by atoms with Crippen molar-refractivity contribution in [2.75, 3.05) is 26.2 Å². The lowest BCUT2D eigenvalue weighted by Crippen LogP contribution is -2.47. The van der Waals surface area contributed by atoms with Gasteiger partial charge in [0.15, 0.2) is 0 Å². The van der Waals surface area contributed by atoms with E-state index in [-0.39, 0.29) is 5.91 Å². The van der Waals surface area contributed by atoms with Crippen molar-refractivity contribution in [3.8, 4) is 0 Å². The summed E-state index contributed by atoms with van der Waals surface area (Å²) in [5, 5.41) is 6.33. The molecule has 1 amide bonds. The Kier molecular flexibility index (Phi) is 5.76. The van der Waals surface area contributed by atoms with Gasteiger partial charge in [-0.2, -0.15) is 0 Å². The van der Waals surface area contributed by atoms with Gasteiger partial charge in [0.25, 0.3) is 0 Å². The van der Waals surface area contributed by atoms with Crippen molar-refractivity contribution < 1.29 is 4.79 Å². The van der Waals surface area contributed by atoms with Crippen LogP contribution in [0, 0.1) is 6.92 Å². The van der Waals surface area contributed by atoms with Crippen molar-refractivity contribution >= 4 is 34.7 Å². The molecule has 2 aromatic heterocycles. The smallest absolute Gasteiger partial charge is 0.246 e. The van der Waals surface area contributed by atoms with E-state index in [1.54, 1.807) is 34.8 Å². The van der Waals surface area contributed by atoms with Crippen LogP contribution in [0.15, 0.2) is 16.8 Å². The van der Waals surface area contributed by atoms with E-state index in [2.05, 4.69) is 27.2 Å². The molecule has 0 unspecified atom stereocenters. The lowest BCUT2D eigenvalue weighted by molar-refractivity contribution is -0.127. The molecule has 1 saturated heterocycles. The Morgan fingerprint density at radius 2 is 2.00 bits per heavy atom. The molecule has 2 aromatic rings. The van der Waals surface area contributed by atoms with Gasteiger partial charge in [0.05, 0.1) is 21.4 Å². The summed E-state index contributed by atoms with van der Waals surface area (Å²) in [7, 11) is 0. The van der Waals surface area contributed by atoms with Crippen molar-refractivity contribution in [1.82, 2.24) is 19.8 Å². The first-order valence-corrected chi connectivity index (χ1v) is 9.94. The molecule has 7 heteroatoms. The van der Waals surface area contributed by atoms with Crippen LogP contribution < -0.4 is 0 Å². The van der Waals surface area contributed by atoms with Crippen molar-refractivity contribution in [2.24, 2.45) is 0 Å². The normalized spacial score (nSPS) is 16.2. The summed E-state index contributed by atoms with van der Waals surface area (Å²) < 4.78 is 0.